The van der Waals surface area contributed by atoms with Gasteiger partial charge < -0.3 is 10.2 Å². The number of nitrogens with zero attached hydrogens (tertiary/aromatic N) is 1. The van der Waals surface area contributed by atoms with Crippen LogP contribution in [0.2, 0.25) is 0 Å². The predicted molar refractivity (Wildman–Crippen MR) is 83.5 cm³/mol. The second-order valence-corrected chi connectivity index (χ2v) is 6.28. The predicted octanol–water partition coefficient (Wildman–Crippen LogP) is 3.73. The number of allylic oxidation sites excluding steroid dienone is 1. The van der Waals surface area contributed by atoms with Crippen LogP contribution in [-0.2, 0) is 0 Å². The first-order valence-corrected chi connectivity index (χ1v) is 8.52. The lowest BCUT2D eigenvalue weighted by Crippen LogP contribution is -2.32. The lowest BCUT2D eigenvalue weighted by Gasteiger charge is -2.20. The minimum Gasteiger partial charge on any atom is -0.314 e. The Bertz CT molecular complexity index is 272. The summed E-state index contributed by atoms with van der Waals surface area (Å²) in [6.45, 7) is 7.40. The Labute approximate surface area is 119 Å². The molecule has 0 aromatic carbocycles. The molecule has 2 nitrogen and oxygen atoms in total. The smallest absolute Gasteiger partial charge is 0.00798 e. The van der Waals surface area contributed by atoms with Gasteiger partial charge in [0, 0.05) is 6.04 Å². The van der Waals surface area contributed by atoms with Gasteiger partial charge in [-0.05, 0) is 84.0 Å². The van der Waals surface area contributed by atoms with Gasteiger partial charge in [-0.2, -0.15) is 0 Å². The number of hydrogen-bond acceptors (Lipinski definition) is 2. The number of likely N-dealkylation sites (tertiary alicyclic amines) is 1. The highest BCUT2D eigenvalue weighted by Gasteiger charge is 2.15. The highest BCUT2D eigenvalue weighted by atomic mass is 15.1. The fourth-order valence-corrected chi connectivity index (χ4v) is 3.47. The zero-order valence-electron chi connectivity index (χ0n) is 12.8. The minimum atomic E-state index is 0.769. The molecule has 1 fully saturated rings. The van der Waals surface area contributed by atoms with Crippen molar-refractivity contribution in [3.05, 3.63) is 11.6 Å². The molecule has 0 spiro atoms. The molecule has 0 amide bonds. The van der Waals surface area contributed by atoms with E-state index < -0.39 is 0 Å². The van der Waals surface area contributed by atoms with E-state index in [1.165, 1.54) is 84.0 Å². The van der Waals surface area contributed by atoms with Crippen molar-refractivity contribution in [2.24, 2.45) is 0 Å². The average Bonchev–Trinajstić information content (AvgIpc) is 2.66. The van der Waals surface area contributed by atoms with E-state index in [2.05, 4.69) is 23.2 Å². The molecule has 19 heavy (non-hydrogen) atoms. The molecule has 0 bridgehead atoms. The van der Waals surface area contributed by atoms with Crippen LogP contribution in [0.25, 0.3) is 0 Å². The van der Waals surface area contributed by atoms with E-state index in [1.807, 2.05) is 0 Å². The monoisotopic (exact) mass is 264 g/mol. The molecule has 2 aliphatic rings. The van der Waals surface area contributed by atoms with Crippen LogP contribution in [0.15, 0.2) is 11.6 Å². The van der Waals surface area contributed by atoms with Crippen LogP contribution in [0.1, 0.15) is 64.7 Å². The summed E-state index contributed by atoms with van der Waals surface area (Å²) in [5, 5.41) is 3.80. The summed E-state index contributed by atoms with van der Waals surface area (Å²) in [4.78, 5) is 2.64. The van der Waals surface area contributed by atoms with E-state index in [9.17, 15) is 0 Å². The maximum Gasteiger partial charge on any atom is 0.00798 e. The van der Waals surface area contributed by atoms with Crippen LogP contribution in [0.5, 0.6) is 0 Å². The second-order valence-electron chi connectivity index (χ2n) is 6.28. The zero-order chi connectivity index (χ0) is 13.3. The number of rotatable bonds is 6. The second kappa shape index (κ2) is 8.76. The van der Waals surface area contributed by atoms with E-state index in [4.69, 9.17) is 0 Å². The fourth-order valence-electron chi connectivity index (χ4n) is 3.47. The van der Waals surface area contributed by atoms with Crippen molar-refractivity contribution in [1.29, 1.82) is 0 Å². The number of hydrogen-bond donors (Lipinski definition) is 1. The van der Waals surface area contributed by atoms with Gasteiger partial charge in [-0.3, -0.25) is 0 Å². The molecule has 2 rings (SSSR count). The van der Waals surface area contributed by atoms with E-state index in [0.717, 1.165) is 6.04 Å². The minimum absolute atomic E-state index is 0.769. The highest BCUT2D eigenvalue weighted by Crippen LogP contribution is 2.19. The molecule has 1 aliphatic heterocycles. The summed E-state index contributed by atoms with van der Waals surface area (Å²) < 4.78 is 0. The quantitative estimate of drug-likeness (QED) is 0.735. The molecule has 0 aromatic heterocycles. The lowest BCUT2D eigenvalue weighted by molar-refractivity contribution is 0.282. The van der Waals surface area contributed by atoms with Gasteiger partial charge >= 0.3 is 0 Å². The van der Waals surface area contributed by atoms with Crippen molar-refractivity contribution in [3.8, 4) is 0 Å². The molecule has 0 saturated carbocycles. The molecule has 2 heteroatoms. The van der Waals surface area contributed by atoms with Crippen LogP contribution in [0, 0.1) is 0 Å². The van der Waals surface area contributed by atoms with Gasteiger partial charge in [0.1, 0.15) is 0 Å². The molecule has 1 atom stereocenters. The molecule has 1 unspecified atom stereocenters. The molecule has 1 N–H and O–H groups in total. The molecule has 1 aliphatic carbocycles. The Morgan fingerprint density at radius 3 is 2.95 bits per heavy atom. The van der Waals surface area contributed by atoms with E-state index in [1.54, 1.807) is 5.57 Å². The molecule has 1 saturated heterocycles. The number of nitrogens with one attached hydrogen (secondary N) is 1. The summed E-state index contributed by atoms with van der Waals surface area (Å²) in [6.07, 6.45) is 14.7. The lowest BCUT2D eigenvalue weighted by atomic mass is 9.97. The Morgan fingerprint density at radius 2 is 2.16 bits per heavy atom. The van der Waals surface area contributed by atoms with E-state index in [-0.39, 0.29) is 0 Å². The van der Waals surface area contributed by atoms with Gasteiger partial charge in [-0.25, -0.2) is 0 Å². The summed E-state index contributed by atoms with van der Waals surface area (Å²) in [5.74, 6) is 0. The molecular formula is C17H32N2. The first-order chi connectivity index (χ1) is 9.38. The van der Waals surface area contributed by atoms with Crippen LogP contribution >= 0.6 is 0 Å². The van der Waals surface area contributed by atoms with Gasteiger partial charge in [0.25, 0.3) is 0 Å². The van der Waals surface area contributed by atoms with Crippen LogP contribution < -0.4 is 5.32 Å². The molecule has 110 valence electrons. The van der Waals surface area contributed by atoms with Gasteiger partial charge in [0.2, 0.25) is 0 Å². The third kappa shape index (κ3) is 5.66. The van der Waals surface area contributed by atoms with E-state index >= 15 is 0 Å². The largest absolute Gasteiger partial charge is 0.314 e. The Balaban J connectivity index is 1.61. The maximum absolute atomic E-state index is 3.80. The standard InChI is InChI=1S/C17H32N2/c1-2-13-19-14-6-9-17(11-15-19)18-12-10-16-7-4-3-5-8-16/h7,17-18H,2-6,8-15H2,1H3. The summed E-state index contributed by atoms with van der Waals surface area (Å²) in [5.41, 5.74) is 1.71. The summed E-state index contributed by atoms with van der Waals surface area (Å²) >= 11 is 0. The topological polar surface area (TPSA) is 15.3 Å². The Kier molecular flexibility index (Phi) is 6.94. The van der Waals surface area contributed by atoms with Crippen molar-refractivity contribution in [2.75, 3.05) is 26.2 Å². The van der Waals surface area contributed by atoms with Crippen molar-refractivity contribution < 1.29 is 0 Å². The fraction of sp³-hybridized carbons (Fsp3) is 0.882. The van der Waals surface area contributed by atoms with Crippen molar-refractivity contribution in [1.82, 2.24) is 10.2 Å². The normalized spacial score (nSPS) is 25.9. The van der Waals surface area contributed by atoms with Gasteiger partial charge in [0.05, 0.1) is 0 Å². The van der Waals surface area contributed by atoms with E-state index in [0.29, 0.717) is 0 Å². The zero-order valence-corrected chi connectivity index (χ0v) is 12.8. The Hall–Kier alpha value is -0.340. The molecule has 1 heterocycles. The first-order valence-electron chi connectivity index (χ1n) is 8.52. The molecule has 0 radical (unpaired) electrons. The van der Waals surface area contributed by atoms with Crippen molar-refractivity contribution >= 4 is 0 Å². The average molecular weight is 264 g/mol. The summed E-state index contributed by atoms with van der Waals surface area (Å²) in [6, 6.07) is 0.769. The van der Waals surface area contributed by atoms with Crippen LogP contribution in [0.4, 0.5) is 0 Å². The third-order valence-corrected chi connectivity index (χ3v) is 4.62. The maximum atomic E-state index is 3.80. The summed E-state index contributed by atoms with van der Waals surface area (Å²) in [7, 11) is 0. The molecule has 0 aromatic rings. The van der Waals surface area contributed by atoms with Gasteiger partial charge in [-0.1, -0.05) is 18.6 Å². The SMILES string of the molecule is CCCN1CCCC(NCCC2=CCCCC2)CC1. The third-order valence-electron chi connectivity index (χ3n) is 4.62. The van der Waals surface area contributed by atoms with Gasteiger partial charge in [-0.15, -0.1) is 0 Å². The Morgan fingerprint density at radius 1 is 1.21 bits per heavy atom. The van der Waals surface area contributed by atoms with Gasteiger partial charge in [0.15, 0.2) is 0 Å². The van der Waals surface area contributed by atoms with Crippen LogP contribution in [0.3, 0.4) is 0 Å². The first kappa shape index (κ1) is 15.1. The van der Waals surface area contributed by atoms with Crippen LogP contribution in [-0.4, -0.2) is 37.1 Å². The molecular weight excluding hydrogens is 232 g/mol. The highest BCUT2D eigenvalue weighted by molar-refractivity contribution is 5.05. The van der Waals surface area contributed by atoms with Crippen molar-refractivity contribution in [2.45, 2.75) is 70.8 Å². The van der Waals surface area contributed by atoms with Crippen molar-refractivity contribution in [3.63, 3.8) is 0 Å².